The van der Waals surface area contributed by atoms with Crippen LogP contribution in [0.2, 0.25) is 0 Å². The normalized spacial score (nSPS) is 16.8. The van der Waals surface area contributed by atoms with Gasteiger partial charge in [0.1, 0.15) is 11.9 Å². The Morgan fingerprint density at radius 1 is 1.25 bits per heavy atom. The monoisotopic (exact) mass is 392 g/mol. The van der Waals surface area contributed by atoms with E-state index in [4.69, 9.17) is 4.74 Å². The van der Waals surface area contributed by atoms with Gasteiger partial charge in [0.05, 0.1) is 12.8 Å². The van der Waals surface area contributed by atoms with E-state index in [0.29, 0.717) is 25.3 Å². The molecule has 1 aromatic rings. The van der Waals surface area contributed by atoms with Gasteiger partial charge in [-0.1, -0.05) is 46.0 Å². The smallest absolute Gasteiger partial charge is 0.407 e. The first-order valence-corrected chi connectivity index (χ1v) is 10.3. The molecule has 0 aromatic carbocycles. The minimum atomic E-state index is -0.903. The van der Waals surface area contributed by atoms with E-state index in [-0.39, 0.29) is 5.41 Å². The molecule has 8 heteroatoms. The number of amides is 2. The third-order valence-corrected chi connectivity index (χ3v) is 5.60. The Labute approximate surface area is 166 Å². The van der Waals surface area contributed by atoms with E-state index in [9.17, 15) is 14.4 Å². The van der Waals surface area contributed by atoms with Crippen molar-refractivity contribution in [2.24, 2.45) is 5.41 Å². The number of rotatable bonds is 10. The highest BCUT2D eigenvalue weighted by atomic mass is 16.5. The number of carbonyl (C=O) groups excluding carboxylic acids is 3. The summed E-state index contributed by atoms with van der Waals surface area (Å²) < 4.78 is 5.47. The van der Waals surface area contributed by atoms with E-state index >= 15 is 0 Å². The van der Waals surface area contributed by atoms with E-state index in [2.05, 4.69) is 27.8 Å². The van der Waals surface area contributed by atoms with Crippen molar-refractivity contribution in [2.75, 3.05) is 11.9 Å². The quantitative estimate of drug-likeness (QED) is 0.527. The molecule has 0 bridgehead atoms. The summed E-state index contributed by atoms with van der Waals surface area (Å²) >= 11 is 0. The predicted octanol–water partition coefficient (Wildman–Crippen LogP) is 3.56. The Balaban J connectivity index is 1.91. The Hall–Kier alpha value is -2.38. The molecular weight excluding hydrogens is 360 g/mol. The van der Waals surface area contributed by atoms with Crippen LogP contribution >= 0.6 is 0 Å². The molecule has 1 aliphatic carbocycles. The summed E-state index contributed by atoms with van der Waals surface area (Å²) in [6, 6.07) is 0.641. The number of Topliss-reactive ketones (excluding diaryl/α,β-unsaturated/α-hetero) is 1. The molecule has 0 radical (unpaired) electrons. The van der Waals surface area contributed by atoms with Crippen molar-refractivity contribution >= 4 is 23.6 Å². The van der Waals surface area contributed by atoms with Crippen molar-refractivity contribution in [3.05, 3.63) is 12.3 Å². The van der Waals surface area contributed by atoms with Crippen molar-refractivity contribution in [1.82, 2.24) is 15.5 Å². The Morgan fingerprint density at radius 3 is 2.61 bits per heavy atom. The number of hydrogen-bond acceptors (Lipinski definition) is 5. The van der Waals surface area contributed by atoms with Crippen molar-refractivity contribution in [2.45, 2.75) is 77.7 Å². The second-order valence-corrected chi connectivity index (χ2v) is 7.62. The summed E-state index contributed by atoms with van der Waals surface area (Å²) in [5.41, 5.74) is 0.0382. The number of unbranched alkanes of at least 4 members (excludes halogenated alkanes) is 1. The second-order valence-electron chi connectivity index (χ2n) is 7.62. The number of ketones is 1. The molecule has 2 amide bonds. The highest BCUT2D eigenvalue weighted by Crippen LogP contribution is 2.39. The maximum Gasteiger partial charge on any atom is 0.407 e. The average Bonchev–Trinajstić information content (AvgIpc) is 3.22. The molecule has 0 aliphatic heterocycles. The number of nitrogens with one attached hydrogen (secondary N) is 3. The fraction of sp³-hybridized carbons (Fsp3) is 0.700. The van der Waals surface area contributed by atoms with Crippen LogP contribution in [-0.4, -0.2) is 40.6 Å². The molecular formula is C20H32N4O4. The van der Waals surface area contributed by atoms with Gasteiger partial charge in [-0.3, -0.25) is 14.7 Å². The van der Waals surface area contributed by atoms with Gasteiger partial charge < -0.3 is 15.4 Å². The molecule has 1 aliphatic rings. The first-order valence-electron chi connectivity index (χ1n) is 10.3. The van der Waals surface area contributed by atoms with Crippen molar-refractivity contribution in [3.8, 4) is 0 Å². The van der Waals surface area contributed by atoms with Crippen LogP contribution in [0.1, 0.15) is 71.6 Å². The number of ether oxygens (including phenoxy) is 1. The molecule has 1 aromatic heterocycles. The highest BCUT2D eigenvalue weighted by molar-refractivity contribution is 6.42. The van der Waals surface area contributed by atoms with Gasteiger partial charge in [-0.15, -0.1) is 0 Å². The Bertz CT molecular complexity index is 639. The summed E-state index contributed by atoms with van der Waals surface area (Å²) in [5, 5.41) is 11.3. The molecule has 0 saturated heterocycles. The van der Waals surface area contributed by atoms with Crippen LogP contribution < -0.4 is 10.6 Å². The van der Waals surface area contributed by atoms with Gasteiger partial charge in [0.25, 0.3) is 5.91 Å². The van der Waals surface area contributed by atoms with Crippen molar-refractivity contribution in [3.63, 3.8) is 0 Å². The number of hydrogen-bond donors (Lipinski definition) is 3. The highest BCUT2D eigenvalue weighted by Gasteiger charge is 2.33. The lowest BCUT2D eigenvalue weighted by molar-refractivity contribution is -0.136. The van der Waals surface area contributed by atoms with Gasteiger partial charge in [-0.25, -0.2) is 4.79 Å². The summed E-state index contributed by atoms with van der Waals surface area (Å²) in [6.45, 7) is 4.46. The van der Waals surface area contributed by atoms with Crippen LogP contribution in [0.4, 0.5) is 10.6 Å². The standard InChI is InChI=1S/C20H32N4O4/c1-3-5-9-15(17(25)18(26)23-16-10-13-21-24-16)22-19(27)28-14-20(4-2)11-7-6-8-12-20/h10,13,15H,3-9,11-12,14H2,1-2H3,(H,22,27)(H2,21,23,24,26)/t15-/m0/s1. The van der Waals surface area contributed by atoms with E-state index in [1.807, 2.05) is 6.92 Å². The molecule has 1 atom stereocenters. The van der Waals surface area contributed by atoms with Gasteiger partial charge in [0, 0.05) is 11.5 Å². The second kappa shape index (κ2) is 10.8. The number of carbonyl (C=O) groups is 3. The predicted molar refractivity (Wildman–Crippen MR) is 106 cm³/mol. The van der Waals surface area contributed by atoms with Crippen molar-refractivity contribution < 1.29 is 19.1 Å². The van der Waals surface area contributed by atoms with Gasteiger partial charge in [-0.2, -0.15) is 5.10 Å². The molecule has 1 heterocycles. The van der Waals surface area contributed by atoms with Gasteiger partial charge in [-0.05, 0) is 25.7 Å². The van der Waals surface area contributed by atoms with E-state index in [1.54, 1.807) is 6.07 Å². The number of alkyl carbamates (subject to hydrolysis) is 1. The average molecular weight is 392 g/mol. The Morgan fingerprint density at radius 2 is 2.00 bits per heavy atom. The van der Waals surface area contributed by atoms with Crippen LogP contribution in [0.5, 0.6) is 0 Å². The topological polar surface area (TPSA) is 113 Å². The SMILES string of the molecule is CCCC[C@H](NC(=O)OCC1(CC)CCCCC1)C(=O)C(=O)Nc1ccn[nH]1. The van der Waals surface area contributed by atoms with Gasteiger partial charge in [0.15, 0.2) is 0 Å². The third-order valence-electron chi connectivity index (χ3n) is 5.60. The molecule has 2 rings (SSSR count). The lowest BCUT2D eigenvalue weighted by Gasteiger charge is -2.35. The van der Waals surface area contributed by atoms with E-state index in [0.717, 1.165) is 38.5 Å². The molecule has 28 heavy (non-hydrogen) atoms. The zero-order valence-electron chi connectivity index (χ0n) is 16.9. The minimum Gasteiger partial charge on any atom is -0.449 e. The van der Waals surface area contributed by atoms with E-state index in [1.165, 1.54) is 12.6 Å². The number of aromatic nitrogens is 2. The summed E-state index contributed by atoms with van der Waals surface area (Å²) in [6.07, 6.45) is 9.41. The molecule has 1 saturated carbocycles. The van der Waals surface area contributed by atoms with Crippen LogP contribution in [-0.2, 0) is 14.3 Å². The first-order chi connectivity index (χ1) is 13.5. The number of anilines is 1. The summed E-state index contributed by atoms with van der Waals surface area (Å²) in [4.78, 5) is 37.0. The molecule has 3 N–H and O–H groups in total. The maximum absolute atomic E-state index is 12.5. The fourth-order valence-corrected chi connectivity index (χ4v) is 3.65. The van der Waals surface area contributed by atoms with Crippen LogP contribution in [0.15, 0.2) is 12.3 Å². The lowest BCUT2D eigenvalue weighted by Crippen LogP contribution is -2.46. The molecule has 0 unspecified atom stereocenters. The van der Waals surface area contributed by atoms with Crippen LogP contribution in [0.3, 0.4) is 0 Å². The summed E-state index contributed by atoms with van der Waals surface area (Å²) in [5.74, 6) is -1.15. The van der Waals surface area contributed by atoms with Gasteiger partial charge >= 0.3 is 6.09 Å². The molecule has 156 valence electrons. The molecule has 8 nitrogen and oxygen atoms in total. The fourth-order valence-electron chi connectivity index (χ4n) is 3.65. The van der Waals surface area contributed by atoms with Crippen LogP contribution in [0, 0.1) is 5.41 Å². The maximum atomic E-state index is 12.5. The lowest BCUT2D eigenvalue weighted by atomic mass is 9.73. The Kier molecular flexibility index (Phi) is 8.47. The number of H-pyrrole nitrogens is 1. The first kappa shape index (κ1) is 21.9. The number of nitrogens with zero attached hydrogens (tertiary/aromatic N) is 1. The van der Waals surface area contributed by atoms with Crippen molar-refractivity contribution in [1.29, 1.82) is 0 Å². The largest absolute Gasteiger partial charge is 0.449 e. The third kappa shape index (κ3) is 6.35. The van der Waals surface area contributed by atoms with Crippen LogP contribution in [0.25, 0.3) is 0 Å². The minimum absolute atomic E-state index is 0.0382. The number of aromatic amines is 1. The van der Waals surface area contributed by atoms with Gasteiger partial charge in [0.2, 0.25) is 5.78 Å². The zero-order chi connectivity index (χ0) is 20.4. The zero-order valence-corrected chi connectivity index (χ0v) is 16.9. The molecule has 1 fully saturated rings. The molecule has 0 spiro atoms. The van der Waals surface area contributed by atoms with E-state index < -0.39 is 23.8 Å². The summed E-state index contributed by atoms with van der Waals surface area (Å²) in [7, 11) is 0.